The van der Waals surface area contributed by atoms with E-state index in [4.69, 9.17) is 5.73 Å². The van der Waals surface area contributed by atoms with E-state index < -0.39 is 10.0 Å². The summed E-state index contributed by atoms with van der Waals surface area (Å²) >= 11 is 0. The van der Waals surface area contributed by atoms with Gasteiger partial charge in [0.05, 0.1) is 11.9 Å². The lowest BCUT2D eigenvalue weighted by molar-refractivity contribution is 0.607. The molecule has 0 atom stereocenters. The number of nitrogens with one attached hydrogen (secondary N) is 1. The van der Waals surface area contributed by atoms with Gasteiger partial charge in [-0.05, 0) is 18.2 Å². The summed E-state index contributed by atoms with van der Waals surface area (Å²) in [6.45, 7) is 0. The zero-order valence-electron chi connectivity index (χ0n) is 16.0. The normalized spacial score (nSPS) is 11.3. The van der Waals surface area contributed by atoms with Crippen LogP contribution in [-0.2, 0) is 17.1 Å². The topological polar surface area (TPSA) is 138 Å². The third-order valence-electron chi connectivity index (χ3n) is 4.23. The van der Waals surface area contributed by atoms with Crippen LogP contribution in [0.25, 0.3) is 28.2 Å². The minimum absolute atomic E-state index is 0. The molecule has 0 radical (unpaired) electrons. The van der Waals surface area contributed by atoms with E-state index in [0.29, 0.717) is 33.9 Å². The van der Waals surface area contributed by atoms with Crippen LogP contribution in [0.2, 0.25) is 0 Å². The molecule has 0 aliphatic carbocycles. The molecule has 3 aromatic heterocycles. The number of halogens is 1. The Morgan fingerprint density at radius 1 is 1.13 bits per heavy atom. The Balaban J connectivity index is 0.00000256. The third-order valence-corrected chi connectivity index (χ3v) is 4.83. The number of imidazole rings is 1. The number of aryl methyl sites for hydroxylation is 1. The Bertz CT molecular complexity index is 1410. The van der Waals surface area contributed by atoms with Gasteiger partial charge in [0, 0.05) is 30.6 Å². The van der Waals surface area contributed by atoms with Crippen molar-refractivity contribution in [3.63, 3.8) is 0 Å². The summed E-state index contributed by atoms with van der Waals surface area (Å²) in [6.07, 6.45) is 4.07. The number of nitrogens with two attached hydrogens (primary N) is 1. The molecule has 0 bridgehead atoms. The Hall–Kier alpha value is -3.44. The molecule has 0 aliphatic heterocycles. The Morgan fingerprint density at radius 2 is 1.90 bits per heavy atom. The molecule has 0 saturated heterocycles. The van der Waals surface area contributed by atoms with Crippen molar-refractivity contribution in [3.05, 3.63) is 59.3 Å². The van der Waals surface area contributed by atoms with Gasteiger partial charge in [0.2, 0.25) is 15.6 Å². The molecule has 10 nitrogen and oxygen atoms in total. The van der Waals surface area contributed by atoms with E-state index in [-0.39, 0.29) is 23.8 Å². The summed E-state index contributed by atoms with van der Waals surface area (Å²) in [5, 5.41) is 0. The van der Waals surface area contributed by atoms with Gasteiger partial charge in [-0.25, -0.2) is 23.4 Å². The number of hydrogen-bond acceptors (Lipinski definition) is 7. The first-order valence-electron chi connectivity index (χ1n) is 8.47. The van der Waals surface area contributed by atoms with Crippen molar-refractivity contribution in [1.82, 2.24) is 24.1 Å². The molecule has 4 rings (SSSR count). The number of pyridine rings is 1. The van der Waals surface area contributed by atoms with E-state index in [1.165, 1.54) is 17.0 Å². The first-order chi connectivity index (χ1) is 13.7. The van der Waals surface area contributed by atoms with Gasteiger partial charge in [-0.2, -0.15) is 0 Å². The SMILES string of the molecule is Cl.Cn1cc(-n2c(-c3cccc(NS(C)(=O)=O)c3)nc3c(N)ncnc32)ccc1=O. The van der Waals surface area contributed by atoms with Gasteiger partial charge in [-0.1, -0.05) is 12.1 Å². The molecular formula is C18H18ClN7O3S. The van der Waals surface area contributed by atoms with Crippen molar-refractivity contribution in [2.45, 2.75) is 0 Å². The Morgan fingerprint density at radius 3 is 2.60 bits per heavy atom. The van der Waals surface area contributed by atoms with Crippen LogP contribution in [0.3, 0.4) is 0 Å². The molecule has 30 heavy (non-hydrogen) atoms. The maximum atomic E-state index is 11.8. The Labute approximate surface area is 177 Å². The highest BCUT2D eigenvalue weighted by Gasteiger charge is 2.18. The van der Waals surface area contributed by atoms with E-state index in [0.717, 1.165) is 6.26 Å². The largest absolute Gasteiger partial charge is 0.382 e. The molecule has 3 heterocycles. The summed E-state index contributed by atoms with van der Waals surface area (Å²) in [6, 6.07) is 9.89. The molecule has 0 aliphatic rings. The second kappa shape index (κ2) is 7.76. The minimum Gasteiger partial charge on any atom is -0.382 e. The maximum Gasteiger partial charge on any atom is 0.250 e. The number of nitrogens with zero attached hydrogens (tertiary/aromatic N) is 5. The summed E-state index contributed by atoms with van der Waals surface area (Å²) in [5.74, 6) is 0.688. The molecule has 0 amide bonds. The first-order valence-corrected chi connectivity index (χ1v) is 10.4. The summed E-state index contributed by atoms with van der Waals surface area (Å²) < 4.78 is 28.8. The molecule has 0 fully saturated rings. The Kier molecular flexibility index (Phi) is 5.51. The number of aromatic nitrogens is 5. The van der Waals surface area contributed by atoms with Crippen LogP contribution in [-0.4, -0.2) is 38.8 Å². The molecule has 0 spiro atoms. The molecule has 156 valence electrons. The van der Waals surface area contributed by atoms with Crippen LogP contribution in [0, 0.1) is 0 Å². The van der Waals surface area contributed by atoms with Gasteiger partial charge in [0.1, 0.15) is 12.2 Å². The van der Waals surface area contributed by atoms with Crippen molar-refractivity contribution in [3.8, 4) is 17.1 Å². The van der Waals surface area contributed by atoms with Crippen LogP contribution >= 0.6 is 12.4 Å². The average molecular weight is 448 g/mol. The van der Waals surface area contributed by atoms with Crippen molar-refractivity contribution in [2.75, 3.05) is 16.7 Å². The highest BCUT2D eigenvalue weighted by molar-refractivity contribution is 7.92. The highest BCUT2D eigenvalue weighted by atomic mass is 35.5. The summed E-state index contributed by atoms with van der Waals surface area (Å²) in [5.41, 5.74) is 8.36. The van der Waals surface area contributed by atoms with Gasteiger partial charge >= 0.3 is 0 Å². The van der Waals surface area contributed by atoms with Gasteiger partial charge in [-0.15, -0.1) is 12.4 Å². The van der Waals surface area contributed by atoms with E-state index in [2.05, 4.69) is 19.7 Å². The second-order valence-electron chi connectivity index (χ2n) is 6.49. The fourth-order valence-corrected chi connectivity index (χ4v) is 3.55. The zero-order valence-corrected chi connectivity index (χ0v) is 17.6. The summed E-state index contributed by atoms with van der Waals surface area (Å²) in [7, 11) is -1.79. The lowest BCUT2D eigenvalue weighted by Crippen LogP contribution is -2.15. The van der Waals surface area contributed by atoms with E-state index in [1.807, 2.05) is 0 Å². The molecule has 1 aromatic carbocycles. The van der Waals surface area contributed by atoms with Gasteiger partial charge in [0.15, 0.2) is 17.0 Å². The smallest absolute Gasteiger partial charge is 0.250 e. The molecule has 4 aromatic rings. The fourth-order valence-electron chi connectivity index (χ4n) is 3.00. The van der Waals surface area contributed by atoms with E-state index >= 15 is 0 Å². The molecule has 12 heteroatoms. The number of sulfonamides is 1. The van der Waals surface area contributed by atoms with Crippen molar-refractivity contribution in [1.29, 1.82) is 0 Å². The number of rotatable bonds is 4. The number of anilines is 2. The van der Waals surface area contributed by atoms with Crippen LogP contribution in [0.1, 0.15) is 0 Å². The van der Waals surface area contributed by atoms with E-state index in [9.17, 15) is 13.2 Å². The lowest BCUT2D eigenvalue weighted by Gasteiger charge is -2.11. The predicted octanol–water partition coefficient (Wildman–Crippen LogP) is 1.56. The number of benzene rings is 1. The van der Waals surface area contributed by atoms with Crippen LogP contribution in [0.5, 0.6) is 0 Å². The molecular weight excluding hydrogens is 430 g/mol. The van der Waals surface area contributed by atoms with Crippen LogP contribution < -0.4 is 16.0 Å². The first kappa shape index (κ1) is 21.3. The minimum atomic E-state index is -3.44. The second-order valence-corrected chi connectivity index (χ2v) is 8.24. The highest BCUT2D eigenvalue weighted by Crippen LogP contribution is 2.30. The predicted molar refractivity (Wildman–Crippen MR) is 117 cm³/mol. The quantitative estimate of drug-likeness (QED) is 0.484. The summed E-state index contributed by atoms with van der Waals surface area (Å²) in [4.78, 5) is 24.7. The lowest BCUT2D eigenvalue weighted by atomic mass is 10.2. The maximum absolute atomic E-state index is 11.8. The van der Waals surface area contributed by atoms with Crippen LogP contribution in [0.15, 0.2) is 53.7 Å². The molecule has 3 N–H and O–H groups in total. The number of hydrogen-bond donors (Lipinski definition) is 2. The average Bonchev–Trinajstić information content (AvgIpc) is 3.04. The number of fused-ring (bicyclic) bond motifs is 1. The monoisotopic (exact) mass is 447 g/mol. The van der Waals surface area contributed by atoms with Gasteiger partial charge in [0.25, 0.3) is 0 Å². The number of nitrogen functional groups attached to an aromatic ring is 1. The van der Waals surface area contributed by atoms with Crippen LogP contribution in [0.4, 0.5) is 11.5 Å². The molecule has 0 saturated carbocycles. The zero-order chi connectivity index (χ0) is 20.8. The van der Waals surface area contributed by atoms with Gasteiger partial charge in [-0.3, -0.25) is 14.1 Å². The van der Waals surface area contributed by atoms with Crippen molar-refractivity contribution >= 4 is 45.1 Å². The van der Waals surface area contributed by atoms with Gasteiger partial charge < -0.3 is 10.3 Å². The third kappa shape index (κ3) is 3.98. The standard InChI is InChI=1S/C18H17N7O3S.ClH/c1-24-9-13(6-7-14(24)26)25-17(22-15-16(19)20-10-21-18(15)25)11-4-3-5-12(8-11)23-29(2,27)28;/h3-10,23H,1-2H3,(H2,19,20,21);1H. The molecule has 0 unspecified atom stereocenters. The van der Waals surface area contributed by atoms with Crippen molar-refractivity contribution < 1.29 is 8.42 Å². The fraction of sp³-hybridized carbons (Fsp3) is 0.111. The van der Waals surface area contributed by atoms with Crippen molar-refractivity contribution in [2.24, 2.45) is 7.05 Å². The van der Waals surface area contributed by atoms with E-state index in [1.54, 1.807) is 48.1 Å².